The normalized spacial score (nSPS) is 15.3. The van der Waals surface area contributed by atoms with E-state index in [-0.39, 0.29) is 6.61 Å². The van der Waals surface area contributed by atoms with Crippen LogP contribution in [0, 0.1) is 5.92 Å². The Hall–Kier alpha value is -1.16. The number of aliphatic hydroxyl groups is 1. The summed E-state index contributed by atoms with van der Waals surface area (Å²) in [6, 6.07) is 0.612. The lowest BCUT2D eigenvalue weighted by Crippen LogP contribution is -2.31. The summed E-state index contributed by atoms with van der Waals surface area (Å²) in [7, 11) is 0. The highest BCUT2D eigenvalue weighted by atomic mass is 16.3. The summed E-state index contributed by atoms with van der Waals surface area (Å²) in [4.78, 5) is 11.4. The van der Waals surface area contributed by atoms with Gasteiger partial charge in [-0.05, 0) is 18.8 Å². The highest BCUT2D eigenvalue weighted by molar-refractivity contribution is 5.51. The third kappa shape index (κ3) is 3.44. The molecule has 4 heteroatoms. The molecule has 0 aromatic carbocycles. The smallest absolute Gasteiger partial charge is 0.131 e. The van der Waals surface area contributed by atoms with Gasteiger partial charge in [-0.25, -0.2) is 9.97 Å². The van der Waals surface area contributed by atoms with Gasteiger partial charge >= 0.3 is 0 Å². The lowest BCUT2D eigenvalue weighted by molar-refractivity contribution is 0.276. The Morgan fingerprint density at radius 3 is 2.47 bits per heavy atom. The van der Waals surface area contributed by atoms with Crippen LogP contribution in [0.1, 0.15) is 58.0 Å². The maximum Gasteiger partial charge on any atom is 0.131 e. The van der Waals surface area contributed by atoms with Crippen LogP contribution in [-0.2, 0) is 6.61 Å². The third-order valence-electron chi connectivity index (χ3n) is 3.39. The Labute approximate surface area is 115 Å². The zero-order valence-corrected chi connectivity index (χ0v) is 12.4. The van der Waals surface area contributed by atoms with E-state index in [2.05, 4.69) is 42.6 Å². The minimum absolute atomic E-state index is 0.0150. The fraction of sp³-hybridized carbons (Fsp3) is 0.733. The monoisotopic (exact) mass is 263 g/mol. The summed E-state index contributed by atoms with van der Waals surface area (Å²) in [6.45, 7) is 9.57. The standard InChI is InChI=1S/C15H25N3O/c1-10(2)8-18(12-5-6-12)14-7-16-15(11(3)4)17-13(14)9-19/h7,10-12,19H,5-6,8-9H2,1-4H3. The molecule has 1 saturated carbocycles. The third-order valence-corrected chi connectivity index (χ3v) is 3.39. The molecule has 0 spiro atoms. The van der Waals surface area contributed by atoms with Gasteiger partial charge in [0.1, 0.15) is 5.82 Å². The number of rotatable bonds is 6. The van der Waals surface area contributed by atoms with E-state index in [0.717, 1.165) is 23.8 Å². The molecule has 1 fully saturated rings. The van der Waals surface area contributed by atoms with Crippen LogP contribution in [0.25, 0.3) is 0 Å². The summed E-state index contributed by atoms with van der Waals surface area (Å²) >= 11 is 0. The molecule has 0 aliphatic heterocycles. The van der Waals surface area contributed by atoms with Crippen molar-refractivity contribution in [2.75, 3.05) is 11.4 Å². The molecular weight excluding hydrogens is 238 g/mol. The van der Waals surface area contributed by atoms with Crippen molar-refractivity contribution in [1.82, 2.24) is 9.97 Å². The van der Waals surface area contributed by atoms with Gasteiger partial charge in [0.15, 0.2) is 0 Å². The van der Waals surface area contributed by atoms with E-state index in [4.69, 9.17) is 0 Å². The Morgan fingerprint density at radius 2 is 2.00 bits per heavy atom. The van der Waals surface area contributed by atoms with Gasteiger partial charge < -0.3 is 10.0 Å². The molecule has 1 aromatic heterocycles. The predicted molar refractivity (Wildman–Crippen MR) is 77.2 cm³/mol. The van der Waals surface area contributed by atoms with Crippen LogP contribution in [0.3, 0.4) is 0 Å². The average Bonchev–Trinajstić information content (AvgIpc) is 3.19. The van der Waals surface area contributed by atoms with E-state index in [1.54, 1.807) is 0 Å². The van der Waals surface area contributed by atoms with Crippen LogP contribution < -0.4 is 4.90 Å². The Bertz CT molecular complexity index is 427. The maximum atomic E-state index is 9.59. The van der Waals surface area contributed by atoms with E-state index in [0.29, 0.717) is 17.9 Å². The Morgan fingerprint density at radius 1 is 1.32 bits per heavy atom. The second-order valence-corrected chi connectivity index (χ2v) is 6.15. The number of anilines is 1. The topological polar surface area (TPSA) is 49.2 Å². The van der Waals surface area contributed by atoms with Crippen LogP contribution in [-0.4, -0.2) is 27.7 Å². The molecule has 106 valence electrons. The van der Waals surface area contributed by atoms with Gasteiger partial charge in [-0.1, -0.05) is 27.7 Å². The number of nitrogens with zero attached hydrogens (tertiary/aromatic N) is 3. The van der Waals surface area contributed by atoms with Gasteiger partial charge in [-0.3, -0.25) is 0 Å². The highest BCUT2D eigenvalue weighted by Gasteiger charge is 2.31. The molecule has 1 N–H and O–H groups in total. The van der Waals surface area contributed by atoms with Crippen molar-refractivity contribution in [2.45, 2.75) is 59.1 Å². The Kier molecular flexibility index (Phi) is 4.40. The molecule has 1 aliphatic carbocycles. The molecule has 1 aliphatic rings. The van der Waals surface area contributed by atoms with Crippen LogP contribution >= 0.6 is 0 Å². The van der Waals surface area contributed by atoms with Gasteiger partial charge in [0.05, 0.1) is 24.2 Å². The zero-order valence-electron chi connectivity index (χ0n) is 12.4. The lowest BCUT2D eigenvalue weighted by Gasteiger charge is -2.28. The molecule has 2 rings (SSSR count). The van der Waals surface area contributed by atoms with Crippen molar-refractivity contribution in [3.63, 3.8) is 0 Å². The van der Waals surface area contributed by atoms with Crippen molar-refractivity contribution in [2.24, 2.45) is 5.92 Å². The molecule has 0 radical (unpaired) electrons. The first-order chi connectivity index (χ1) is 9.02. The summed E-state index contributed by atoms with van der Waals surface area (Å²) in [5.41, 5.74) is 1.79. The van der Waals surface area contributed by atoms with Crippen molar-refractivity contribution in [1.29, 1.82) is 0 Å². The van der Waals surface area contributed by atoms with Crippen LogP contribution in [0.4, 0.5) is 5.69 Å². The fourth-order valence-electron chi connectivity index (χ4n) is 2.28. The van der Waals surface area contributed by atoms with Gasteiger partial charge in [0.2, 0.25) is 0 Å². The van der Waals surface area contributed by atoms with Crippen molar-refractivity contribution in [3.8, 4) is 0 Å². The first-order valence-electron chi connectivity index (χ1n) is 7.26. The quantitative estimate of drug-likeness (QED) is 0.857. The van der Waals surface area contributed by atoms with Gasteiger partial charge in [-0.15, -0.1) is 0 Å². The molecule has 0 unspecified atom stereocenters. The summed E-state index contributed by atoms with van der Waals surface area (Å²) in [6.07, 6.45) is 4.38. The second-order valence-electron chi connectivity index (χ2n) is 6.15. The van der Waals surface area contributed by atoms with Gasteiger partial charge in [-0.2, -0.15) is 0 Å². The molecule has 0 saturated heterocycles. The van der Waals surface area contributed by atoms with Crippen LogP contribution in [0.5, 0.6) is 0 Å². The van der Waals surface area contributed by atoms with E-state index < -0.39 is 0 Å². The lowest BCUT2D eigenvalue weighted by atomic mass is 10.1. The van der Waals surface area contributed by atoms with Crippen molar-refractivity contribution in [3.05, 3.63) is 17.7 Å². The summed E-state index contributed by atoms with van der Waals surface area (Å²) in [5.74, 6) is 1.70. The number of aliphatic hydroxyl groups excluding tert-OH is 1. The zero-order chi connectivity index (χ0) is 14.0. The number of hydrogen-bond acceptors (Lipinski definition) is 4. The SMILES string of the molecule is CC(C)CN(c1cnc(C(C)C)nc1CO)C1CC1. The van der Waals surface area contributed by atoms with Gasteiger partial charge in [0, 0.05) is 18.5 Å². The first-order valence-corrected chi connectivity index (χ1v) is 7.26. The Balaban J connectivity index is 2.30. The summed E-state index contributed by atoms with van der Waals surface area (Å²) < 4.78 is 0. The van der Waals surface area contributed by atoms with Crippen LogP contribution in [0.2, 0.25) is 0 Å². The van der Waals surface area contributed by atoms with Gasteiger partial charge in [0.25, 0.3) is 0 Å². The number of aromatic nitrogens is 2. The van der Waals surface area contributed by atoms with Crippen molar-refractivity contribution < 1.29 is 5.11 Å². The molecule has 4 nitrogen and oxygen atoms in total. The van der Waals surface area contributed by atoms with E-state index in [9.17, 15) is 5.11 Å². The maximum absolute atomic E-state index is 9.59. The molecule has 1 heterocycles. The molecule has 0 amide bonds. The highest BCUT2D eigenvalue weighted by Crippen LogP contribution is 2.33. The minimum atomic E-state index is -0.0150. The predicted octanol–water partition coefficient (Wildman–Crippen LogP) is 2.72. The van der Waals surface area contributed by atoms with Crippen molar-refractivity contribution >= 4 is 5.69 Å². The molecule has 19 heavy (non-hydrogen) atoms. The second kappa shape index (κ2) is 5.87. The largest absolute Gasteiger partial charge is 0.390 e. The molecular formula is C15H25N3O. The average molecular weight is 263 g/mol. The van der Waals surface area contributed by atoms with E-state index >= 15 is 0 Å². The van der Waals surface area contributed by atoms with E-state index in [1.165, 1.54) is 12.8 Å². The van der Waals surface area contributed by atoms with E-state index in [1.807, 2.05) is 6.20 Å². The first kappa shape index (κ1) is 14.3. The fourth-order valence-corrected chi connectivity index (χ4v) is 2.28. The molecule has 1 aromatic rings. The van der Waals surface area contributed by atoms with Crippen LogP contribution in [0.15, 0.2) is 6.20 Å². The summed E-state index contributed by atoms with van der Waals surface area (Å²) in [5, 5.41) is 9.59. The minimum Gasteiger partial charge on any atom is -0.390 e. The molecule has 0 bridgehead atoms. The molecule has 0 atom stereocenters. The number of hydrogen-bond donors (Lipinski definition) is 1.